The molecule has 0 atom stereocenters. The van der Waals surface area contributed by atoms with Gasteiger partial charge in [-0.3, -0.25) is 0 Å². The number of thioether (sulfide) groups is 1. The van der Waals surface area contributed by atoms with Crippen molar-refractivity contribution in [1.29, 1.82) is 0 Å². The number of hydrogen-bond donors (Lipinski definition) is 1. The smallest absolute Gasteiger partial charge is 0.0328 e. The van der Waals surface area contributed by atoms with Crippen LogP contribution >= 0.6 is 11.8 Å². The molecule has 0 radical (unpaired) electrons. The molecule has 0 unspecified atom stereocenters. The summed E-state index contributed by atoms with van der Waals surface area (Å²) in [5.41, 5.74) is 1.43. The fourth-order valence-corrected chi connectivity index (χ4v) is 2.02. The van der Waals surface area contributed by atoms with E-state index in [0.29, 0.717) is 0 Å². The maximum Gasteiger partial charge on any atom is 0.0328 e. The summed E-state index contributed by atoms with van der Waals surface area (Å²) < 4.78 is 0. The zero-order chi connectivity index (χ0) is 6.97. The topological polar surface area (TPSA) is 15.8 Å². The normalized spacial score (nSPS) is 16.3. The molecule has 0 spiro atoms. The lowest BCUT2D eigenvalue weighted by molar-refractivity contribution is 1.19. The van der Waals surface area contributed by atoms with Crippen LogP contribution in [0.3, 0.4) is 0 Å². The van der Waals surface area contributed by atoms with Crippen molar-refractivity contribution in [3.05, 3.63) is 28.9 Å². The first kappa shape index (κ1) is 6.10. The Labute approximate surface area is 64.5 Å². The van der Waals surface area contributed by atoms with Crippen molar-refractivity contribution in [1.82, 2.24) is 4.98 Å². The van der Waals surface area contributed by atoms with Crippen LogP contribution in [0, 0.1) is 0 Å². The Morgan fingerprint density at radius 2 is 2.40 bits per heavy atom. The molecule has 10 heavy (non-hydrogen) atoms. The number of nitrogens with one attached hydrogen (secondary N) is 1. The molecule has 1 nitrogen and oxygen atoms in total. The van der Waals surface area contributed by atoms with Crippen molar-refractivity contribution in [2.45, 2.75) is 18.2 Å². The van der Waals surface area contributed by atoms with Gasteiger partial charge >= 0.3 is 0 Å². The third-order valence-corrected chi connectivity index (χ3v) is 2.76. The molecule has 1 aliphatic rings. The second kappa shape index (κ2) is 2.20. The molecular formula is C8H9NS. The predicted octanol–water partition coefficient (Wildman–Crippen LogP) is 2.57. The lowest BCUT2D eigenvalue weighted by atomic mass is 10.2. The lowest BCUT2D eigenvalue weighted by Crippen LogP contribution is -1.86. The van der Waals surface area contributed by atoms with Crippen LogP contribution in [0.4, 0.5) is 0 Å². The Bertz CT molecular complexity index is 273. The van der Waals surface area contributed by atoms with Gasteiger partial charge in [0.25, 0.3) is 0 Å². The fraction of sp³-hybridized carbons (Fsp3) is 0.250. The average Bonchev–Trinajstić information content (AvgIpc) is 2.33. The van der Waals surface area contributed by atoms with Crippen molar-refractivity contribution in [2.75, 3.05) is 0 Å². The zero-order valence-electron chi connectivity index (χ0n) is 5.85. The van der Waals surface area contributed by atoms with Crippen molar-refractivity contribution < 1.29 is 0 Å². The number of aromatic nitrogens is 1. The van der Waals surface area contributed by atoms with Crippen LogP contribution in [-0.2, 0) is 6.42 Å². The van der Waals surface area contributed by atoms with Gasteiger partial charge in [-0.05, 0) is 23.8 Å². The lowest BCUT2D eigenvalue weighted by Gasteiger charge is -2.07. The minimum atomic E-state index is 1.09. The van der Waals surface area contributed by atoms with Gasteiger partial charge in [0, 0.05) is 17.3 Å². The van der Waals surface area contributed by atoms with Gasteiger partial charge in [-0.2, -0.15) is 0 Å². The van der Waals surface area contributed by atoms with E-state index in [4.69, 9.17) is 0 Å². The first-order chi connectivity index (χ1) is 4.86. The minimum absolute atomic E-state index is 1.09. The highest BCUT2D eigenvalue weighted by atomic mass is 32.2. The molecule has 52 valence electrons. The Hall–Kier alpha value is -0.630. The van der Waals surface area contributed by atoms with Gasteiger partial charge in [-0.25, -0.2) is 0 Å². The second-order valence-electron chi connectivity index (χ2n) is 2.47. The molecule has 1 aromatic heterocycles. The standard InChI is InChI=1S/C8H9NS/c1-6-2-3-7-4-9-5-8(7)10-6/h2,4-5,9H,3H2,1H3. The van der Waals surface area contributed by atoms with E-state index in [-0.39, 0.29) is 0 Å². The summed E-state index contributed by atoms with van der Waals surface area (Å²) in [4.78, 5) is 5.90. The van der Waals surface area contributed by atoms with Crippen molar-refractivity contribution in [3.8, 4) is 0 Å². The third kappa shape index (κ3) is 0.886. The number of hydrogen-bond acceptors (Lipinski definition) is 1. The molecule has 1 aliphatic heterocycles. The number of rotatable bonds is 0. The Morgan fingerprint density at radius 3 is 3.30 bits per heavy atom. The molecule has 0 bridgehead atoms. The van der Waals surface area contributed by atoms with Gasteiger partial charge in [-0.15, -0.1) is 0 Å². The summed E-state index contributed by atoms with van der Waals surface area (Å²) in [6.45, 7) is 2.15. The number of H-pyrrole nitrogens is 1. The molecule has 1 aromatic rings. The molecule has 0 fully saturated rings. The second-order valence-corrected chi connectivity index (χ2v) is 3.75. The maximum absolute atomic E-state index is 3.11. The van der Waals surface area contributed by atoms with Crippen LogP contribution in [0.15, 0.2) is 28.3 Å². The van der Waals surface area contributed by atoms with E-state index in [1.165, 1.54) is 15.4 Å². The summed E-state index contributed by atoms with van der Waals surface area (Å²) in [7, 11) is 0. The van der Waals surface area contributed by atoms with E-state index in [1.54, 1.807) is 0 Å². The summed E-state index contributed by atoms with van der Waals surface area (Å²) in [5.74, 6) is 0. The zero-order valence-corrected chi connectivity index (χ0v) is 6.66. The van der Waals surface area contributed by atoms with E-state index in [0.717, 1.165) is 6.42 Å². The highest BCUT2D eigenvalue weighted by Crippen LogP contribution is 2.33. The molecule has 0 saturated heterocycles. The molecule has 0 saturated carbocycles. The maximum atomic E-state index is 3.11. The molecule has 0 amide bonds. The summed E-state index contributed by atoms with van der Waals surface area (Å²) >= 11 is 1.85. The Morgan fingerprint density at radius 1 is 1.50 bits per heavy atom. The molecular weight excluding hydrogens is 142 g/mol. The molecule has 2 rings (SSSR count). The Balaban J connectivity index is 2.39. The van der Waals surface area contributed by atoms with E-state index in [9.17, 15) is 0 Å². The molecule has 1 N–H and O–H groups in total. The summed E-state index contributed by atoms with van der Waals surface area (Å²) in [6, 6.07) is 0. The quantitative estimate of drug-likeness (QED) is 0.602. The summed E-state index contributed by atoms with van der Waals surface area (Å²) in [5, 5.41) is 0. The molecule has 0 aliphatic carbocycles. The fourth-order valence-electron chi connectivity index (χ4n) is 1.11. The Kier molecular flexibility index (Phi) is 1.34. The van der Waals surface area contributed by atoms with Crippen LogP contribution in [0.25, 0.3) is 0 Å². The highest BCUT2D eigenvalue weighted by Gasteiger charge is 2.08. The van der Waals surface area contributed by atoms with Gasteiger partial charge in [0.2, 0.25) is 0 Å². The molecule has 2 heterocycles. The van der Waals surface area contributed by atoms with Crippen LogP contribution in [0.1, 0.15) is 12.5 Å². The van der Waals surface area contributed by atoms with Crippen molar-refractivity contribution >= 4 is 11.8 Å². The van der Waals surface area contributed by atoms with E-state index in [2.05, 4.69) is 30.4 Å². The van der Waals surface area contributed by atoms with Gasteiger partial charge < -0.3 is 4.98 Å². The van der Waals surface area contributed by atoms with E-state index < -0.39 is 0 Å². The number of fused-ring (bicyclic) bond motifs is 1. The van der Waals surface area contributed by atoms with E-state index >= 15 is 0 Å². The monoisotopic (exact) mass is 151 g/mol. The van der Waals surface area contributed by atoms with Gasteiger partial charge in [0.1, 0.15) is 0 Å². The largest absolute Gasteiger partial charge is 0.366 e. The third-order valence-electron chi connectivity index (χ3n) is 1.67. The molecule has 2 heteroatoms. The van der Waals surface area contributed by atoms with Crippen LogP contribution in [-0.4, -0.2) is 4.98 Å². The number of allylic oxidation sites excluding steroid dienone is 2. The highest BCUT2D eigenvalue weighted by molar-refractivity contribution is 8.03. The average molecular weight is 151 g/mol. The van der Waals surface area contributed by atoms with Crippen LogP contribution in [0.5, 0.6) is 0 Å². The van der Waals surface area contributed by atoms with Crippen LogP contribution in [0.2, 0.25) is 0 Å². The first-order valence-corrected chi connectivity index (χ1v) is 4.18. The number of aromatic amines is 1. The van der Waals surface area contributed by atoms with Crippen molar-refractivity contribution in [3.63, 3.8) is 0 Å². The summed E-state index contributed by atoms with van der Waals surface area (Å²) in [6.07, 6.45) is 7.50. The SMILES string of the molecule is CC1=CCc2c[nH]cc2S1. The van der Waals surface area contributed by atoms with Gasteiger partial charge in [0.15, 0.2) is 0 Å². The van der Waals surface area contributed by atoms with Gasteiger partial charge in [0.05, 0.1) is 0 Å². The van der Waals surface area contributed by atoms with Crippen molar-refractivity contribution in [2.24, 2.45) is 0 Å². The minimum Gasteiger partial charge on any atom is -0.366 e. The van der Waals surface area contributed by atoms with Gasteiger partial charge in [-0.1, -0.05) is 17.8 Å². The molecule has 0 aromatic carbocycles. The van der Waals surface area contributed by atoms with E-state index in [1.807, 2.05) is 11.8 Å². The first-order valence-electron chi connectivity index (χ1n) is 3.36. The van der Waals surface area contributed by atoms with Crippen LogP contribution < -0.4 is 0 Å². The predicted molar refractivity (Wildman–Crippen MR) is 44.1 cm³/mol.